The van der Waals surface area contributed by atoms with E-state index in [1.807, 2.05) is 22.5 Å². The smallest absolute Gasteiger partial charge is 0.239 e. The summed E-state index contributed by atoms with van der Waals surface area (Å²) in [5, 5.41) is 11.9. The van der Waals surface area contributed by atoms with Gasteiger partial charge in [0.2, 0.25) is 16.0 Å². The van der Waals surface area contributed by atoms with Gasteiger partial charge in [-0.3, -0.25) is 4.79 Å². The third-order valence-corrected chi connectivity index (χ3v) is 5.34. The fourth-order valence-electron chi connectivity index (χ4n) is 2.99. The van der Waals surface area contributed by atoms with Crippen molar-refractivity contribution < 1.29 is 9.53 Å². The van der Waals surface area contributed by atoms with Crippen molar-refractivity contribution in [3.8, 4) is 11.3 Å². The Hall–Kier alpha value is -2.65. The molecule has 2 aromatic heterocycles. The summed E-state index contributed by atoms with van der Waals surface area (Å²) < 4.78 is 6.80. The Bertz CT molecular complexity index is 1020. The molecule has 1 aromatic carbocycles. The summed E-state index contributed by atoms with van der Waals surface area (Å²) in [6.45, 7) is 9.59. The summed E-state index contributed by atoms with van der Waals surface area (Å²) in [7, 11) is 3.46. The first-order valence-corrected chi connectivity index (χ1v) is 10.7. The number of hydrogen-bond donors (Lipinski definition) is 2. The lowest BCUT2D eigenvalue weighted by Gasteiger charge is -2.22. The van der Waals surface area contributed by atoms with Crippen molar-refractivity contribution >= 4 is 33.2 Å². The molecule has 0 atom stereocenters. The molecule has 9 heteroatoms. The number of carbonyl (C=O) groups is 1. The number of aromatic nitrogens is 3. The van der Waals surface area contributed by atoms with E-state index in [0.29, 0.717) is 13.2 Å². The van der Waals surface area contributed by atoms with Gasteiger partial charge in [0, 0.05) is 31.8 Å². The molecule has 30 heavy (non-hydrogen) atoms. The highest BCUT2D eigenvalue weighted by Crippen LogP contribution is 2.34. The number of aryl methyl sites for hydroxylation is 1. The molecule has 0 saturated carbocycles. The summed E-state index contributed by atoms with van der Waals surface area (Å²) in [4.78, 5) is 19.6. The topological polar surface area (TPSA) is 83.8 Å². The van der Waals surface area contributed by atoms with E-state index < -0.39 is 0 Å². The van der Waals surface area contributed by atoms with Gasteiger partial charge in [-0.05, 0) is 33.8 Å². The molecule has 162 valence electrons. The van der Waals surface area contributed by atoms with Gasteiger partial charge in [0.1, 0.15) is 5.69 Å². The number of benzene rings is 1. The molecule has 0 bridgehead atoms. The number of ether oxygens (including phenoxy) is 1. The molecule has 2 N–H and O–H groups in total. The van der Waals surface area contributed by atoms with Crippen LogP contribution in [0.3, 0.4) is 0 Å². The fourth-order valence-corrected chi connectivity index (χ4v) is 3.85. The Morgan fingerprint density at radius 3 is 2.77 bits per heavy atom. The van der Waals surface area contributed by atoms with Crippen LogP contribution in [0.5, 0.6) is 0 Å². The van der Waals surface area contributed by atoms with Crippen LogP contribution in [0.1, 0.15) is 26.3 Å². The Balaban J connectivity index is 1.91. The second kappa shape index (κ2) is 9.01. The highest BCUT2D eigenvalue weighted by molar-refractivity contribution is 7.20. The van der Waals surface area contributed by atoms with Crippen LogP contribution in [0.2, 0.25) is 0 Å². The lowest BCUT2D eigenvalue weighted by Crippen LogP contribution is -2.36. The van der Waals surface area contributed by atoms with Crippen LogP contribution in [0, 0.1) is 6.92 Å². The van der Waals surface area contributed by atoms with Gasteiger partial charge in [0.05, 0.1) is 13.2 Å². The minimum atomic E-state index is -0.161. The maximum absolute atomic E-state index is 12.1. The molecule has 3 rings (SSSR count). The van der Waals surface area contributed by atoms with E-state index in [1.165, 1.54) is 16.9 Å². The Morgan fingerprint density at radius 1 is 1.33 bits per heavy atom. The summed E-state index contributed by atoms with van der Waals surface area (Å²) in [5.41, 5.74) is 2.94. The maximum atomic E-state index is 12.1. The quantitative estimate of drug-likeness (QED) is 0.534. The van der Waals surface area contributed by atoms with E-state index in [0.717, 1.165) is 27.2 Å². The van der Waals surface area contributed by atoms with Crippen LogP contribution in [0.15, 0.2) is 24.3 Å². The second-order valence-corrected chi connectivity index (χ2v) is 9.27. The number of imidazole rings is 1. The van der Waals surface area contributed by atoms with E-state index >= 15 is 0 Å². The van der Waals surface area contributed by atoms with E-state index in [2.05, 4.69) is 56.5 Å². The van der Waals surface area contributed by atoms with Gasteiger partial charge < -0.3 is 20.3 Å². The number of carbonyl (C=O) groups excluding carboxylic acids is 1. The largest absolute Gasteiger partial charge is 0.383 e. The molecule has 3 aromatic rings. The van der Waals surface area contributed by atoms with E-state index in [4.69, 9.17) is 14.8 Å². The number of anilines is 2. The first kappa shape index (κ1) is 22.0. The van der Waals surface area contributed by atoms with E-state index in [-0.39, 0.29) is 18.0 Å². The van der Waals surface area contributed by atoms with Gasteiger partial charge in [-0.25, -0.2) is 4.98 Å². The third-order valence-electron chi connectivity index (χ3n) is 4.31. The number of rotatable bonds is 8. The van der Waals surface area contributed by atoms with Crippen LogP contribution < -0.4 is 15.5 Å². The van der Waals surface area contributed by atoms with Crippen LogP contribution in [-0.4, -0.2) is 59.9 Å². The van der Waals surface area contributed by atoms with Gasteiger partial charge >= 0.3 is 0 Å². The van der Waals surface area contributed by atoms with Gasteiger partial charge in [0.25, 0.3) is 0 Å². The number of nitrogens with one attached hydrogen (secondary N) is 2. The zero-order chi connectivity index (χ0) is 21.9. The lowest BCUT2D eigenvalue weighted by molar-refractivity contribution is -0.119. The second-order valence-electron chi connectivity index (χ2n) is 8.33. The molecule has 0 saturated heterocycles. The number of hydrogen-bond acceptors (Lipinski definition) is 7. The molecule has 0 radical (unpaired) electrons. The highest BCUT2D eigenvalue weighted by Gasteiger charge is 2.23. The van der Waals surface area contributed by atoms with Crippen molar-refractivity contribution in [2.24, 2.45) is 0 Å². The molecule has 0 unspecified atom stereocenters. The average molecular weight is 431 g/mol. The monoisotopic (exact) mass is 430 g/mol. The standard InChI is InChI=1S/C21H30N6O2S/c1-14-8-7-9-15(12-14)17-18(24-21(2,3)4)27-19(23-17)30-20(25-27)26(5)13-16(28)22-10-11-29-6/h7-9,12,24H,10-11,13H2,1-6H3,(H,22,28). The molecule has 0 aliphatic rings. The fraction of sp³-hybridized carbons (Fsp3) is 0.476. The van der Waals surface area contributed by atoms with Crippen molar-refractivity contribution in [2.45, 2.75) is 33.2 Å². The van der Waals surface area contributed by atoms with Gasteiger partial charge in [-0.1, -0.05) is 35.1 Å². The molecule has 0 fully saturated rings. The van der Waals surface area contributed by atoms with Crippen LogP contribution in [0.25, 0.3) is 16.2 Å². The molecule has 1 amide bonds. The summed E-state index contributed by atoms with van der Waals surface area (Å²) in [6, 6.07) is 8.29. The summed E-state index contributed by atoms with van der Waals surface area (Å²) in [6.07, 6.45) is 0. The first-order chi connectivity index (χ1) is 14.2. The third kappa shape index (κ3) is 5.28. The van der Waals surface area contributed by atoms with Crippen molar-refractivity contribution in [3.05, 3.63) is 29.8 Å². The maximum Gasteiger partial charge on any atom is 0.239 e. The molecular weight excluding hydrogens is 400 g/mol. The normalized spacial score (nSPS) is 11.7. The minimum absolute atomic E-state index is 0.0733. The predicted molar refractivity (Wildman–Crippen MR) is 123 cm³/mol. The van der Waals surface area contributed by atoms with Crippen molar-refractivity contribution in [3.63, 3.8) is 0 Å². The van der Waals surface area contributed by atoms with E-state index in [9.17, 15) is 4.79 Å². The average Bonchev–Trinajstić information content (AvgIpc) is 3.20. The first-order valence-electron chi connectivity index (χ1n) is 9.89. The minimum Gasteiger partial charge on any atom is -0.383 e. The Morgan fingerprint density at radius 2 is 2.10 bits per heavy atom. The van der Waals surface area contributed by atoms with Crippen molar-refractivity contribution in [1.29, 1.82) is 0 Å². The SMILES string of the molecule is COCCNC(=O)CN(C)c1nn2c(NC(C)(C)C)c(-c3cccc(C)c3)nc2s1. The number of fused-ring (bicyclic) bond motifs is 1. The molecule has 0 spiro atoms. The molecule has 0 aliphatic heterocycles. The highest BCUT2D eigenvalue weighted by atomic mass is 32.1. The summed E-state index contributed by atoms with van der Waals surface area (Å²) in [5.74, 6) is 0.777. The van der Waals surface area contributed by atoms with Crippen molar-refractivity contribution in [2.75, 3.05) is 44.1 Å². The predicted octanol–water partition coefficient (Wildman–Crippen LogP) is 3.18. The zero-order valence-corrected chi connectivity index (χ0v) is 19.3. The lowest BCUT2D eigenvalue weighted by atomic mass is 10.1. The van der Waals surface area contributed by atoms with Crippen molar-refractivity contribution in [1.82, 2.24) is 19.9 Å². The molecular formula is C21H30N6O2S. The number of nitrogens with zero attached hydrogens (tertiary/aromatic N) is 4. The summed E-state index contributed by atoms with van der Waals surface area (Å²) >= 11 is 1.46. The van der Waals surface area contributed by atoms with Gasteiger partial charge in [0.15, 0.2) is 5.82 Å². The zero-order valence-electron chi connectivity index (χ0n) is 18.4. The number of amides is 1. The van der Waals surface area contributed by atoms with Gasteiger partial charge in [-0.2, -0.15) is 4.52 Å². The molecule has 2 heterocycles. The van der Waals surface area contributed by atoms with Crippen LogP contribution in [-0.2, 0) is 9.53 Å². The number of likely N-dealkylation sites (N-methyl/N-ethyl adjacent to an activating group) is 1. The van der Waals surface area contributed by atoms with Crippen LogP contribution >= 0.6 is 11.3 Å². The Kier molecular flexibility index (Phi) is 6.62. The van der Waals surface area contributed by atoms with E-state index in [1.54, 1.807) is 7.11 Å². The van der Waals surface area contributed by atoms with Crippen LogP contribution in [0.4, 0.5) is 10.9 Å². The number of methoxy groups -OCH3 is 1. The molecule has 0 aliphatic carbocycles. The van der Waals surface area contributed by atoms with Gasteiger partial charge in [-0.15, -0.1) is 5.10 Å². The molecule has 8 nitrogen and oxygen atoms in total. The Labute approximate surface area is 181 Å².